The van der Waals surface area contributed by atoms with Gasteiger partial charge in [0.2, 0.25) is 6.43 Å². The van der Waals surface area contributed by atoms with E-state index >= 15 is 0 Å². The summed E-state index contributed by atoms with van der Waals surface area (Å²) in [6, 6.07) is 6.35. The van der Waals surface area contributed by atoms with E-state index in [0.717, 1.165) is 0 Å². The Bertz CT molecular complexity index is 349. The molecule has 0 fully saturated rings. The lowest BCUT2D eigenvalue weighted by atomic mass is 10.0. The summed E-state index contributed by atoms with van der Waals surface area (Å²) in [5.74, 6) is 0.713. The van der Waals surface area contributed by atoms with Crippen molar-refractivity contribution in [2.45, 2.75) is 45.3 Å². The molecule has 1 rings (SSSR count). The van der Waals surface area contributed by atoms with Gasteiger partial charge in [-0.15, -0.1) is 12.4 Å². The van der Waals surface area contributed by atoms with Crippen molar-refractivity contribution >= 4 is 12.4 Å². The monoisotopic (exact) mass is 279 g/mol. The van der Waals surface area contributed by atoms with Crippen LogP contribution in [0.3, 0.4) is 0 Å². The smallest absolute Gasteiger partial charge is 0.240 e. The van der Waals surface area contributed by atoms with Gasteiger partial charge in [0.15, 0.2) is 0 Å². The molecule has 2 N–H and O–H groups in total. The van der Waals surface area contributed by atoms with Crippen LogP contribution in [-0.4, -0.2) is 12.0 Å². The molecule has 0 aromatic heterocycles. The van der Waals surface area contributed by atoms with Gasteiger partial charge in [0.05, 0.1) is 0 Å². The Morgan fingerprint density at radius 2 is 1.67 bits per heavy atom. The topological polar surface area (TPSA) is 35.2 Å². The zero-order valence-electron chi connectivity index (χ0n) is 10.8. The maximum atomic E-state index is 12.2. The van der Waals surface area contributed by atoms with Crippen molar-refractivity contribution in [2.24, 2.45) is 5.73 Å². The van der Waals surface area contributed by atoms with Crippen molar-refractivity contribution in [3.8, 4) is 5.75 Å². The van der Waals surface area contributed by atoms with Crippen LogP contribution in [0.5, 0.6) is 5.75 Å². The first-order valence-electron chi connectivity index (χ1n) is 5.60. The predicted octanol–water partition coefficient (Wildman–Crippen LogP) is 3.94. The number of halogens is 3. The summed E-state index contributed by atoms with van der Waals surface area (Å²) in [4.78, 5) is 0. The van der Waals surface area contributed by atoms with Gasteiger partial charge in [0, 0.05) is 12.5 Å². The number of nitrogens with two attached hydrogens (primary N) is 1. The van der Waals surface area contributed by atoms with Crippen molar-refractivity contribution < 1.29 is 13.5 Å². The van der Waals surface area contributed by atoms with Crippen LogP contribution in [0.2, 0.25) is 0 Å². The standard InChI is InChI=1S/C13H19F2NO.ClH/c1-13(2,3)17-10-6-4-9(5-7-10)11(16)8-12(14)15;/h4-7,11-12H,8,16H2,1-3H3;1H/t11-;/m0./s1. The Labute approximate surface area is 113 Å². The van der Waals surface area contributed by atoms with E-state index in [-0.39, 0.29) is 24.4 Å². The number of rotatable bonds is 4. The highest BCUT2D eigenvalue weighted by Gasteiger charge is 2.14. The molecule has 1 atom stereocenters. The van der Waals surface area contributed by atoms with Gasteiger partial charge in [0.25, 0.3) is 0 Å². The molecule has 1 aromatic carbocycles. The number of hydrogen-bond acceptors (Lipinski definition) is 2. The number of benzene rings is 1. The molecule has 0 unspecified atom stereocenters. The van der Waals surface area contributed by atoms with E-state index in [0.29, 0.717) is 11.3 Å². The minimum absolute atomic E-state index is 0. The van der Waals surface area contributed by atoms with Crippen molar-refractivity contribution in [3.63, 3.8) is 0 Å². The summed E-state index contributed by atoms with van der Waals surface area (Å²) < 4.78 is 30.0. The second-order valence-electron chi connectivity index (χ2n) is 5.02. The SMILES string of the molecule is CC(C)(C)Oc1ccc([C@@H](N)CC(F)F)cc1.Cl. The highest BCUT2D eigenvalue weighted by molar-refractivity contribution is 5.85. The van der Waals surface area contributed by atoms with Gasteiger partial charge in [-0.3, -0.25) is 0 Å². The second-order valence-corrected chi connectivity index (χ2v) is 5.02. The number of hydrogen-bond donors (Lipinski definition) is 1. The molecule has 0 saturated carbocycles. The molecular formula is C13H20ClF2NO. The second kappa shape index (κ2) is 6.90. The summed E-state index contributed by atoms with van der Waals surface area (Å²) in [5.41, 5.74) is 6.08. The van der Waals surface area contributed by atoms with Crippen molar-refractivity contribution in [1.82, 2.24) is 0 Å². The molecule has 2 nitrogen and oxygen atoms in total. The third-order valence-electron chi connectivity index (χ3n) is 2.16. The molecule has 0 radical (unpaired) electrons. The Kier molecular flexibility index (Phi) is 6.57. The number of ether oxygens (including phenoxy) is 1. The lowest BCUT2D eigenvalue weighted by Crippen LogP contribution is -2.23. The maximum absolute atomic E-state index is 12.2. The molecule has 0 aliphatic rings. The highest BCUT2D eigenvalue weighted by Crippen LogP contribution is 2.23. The third-order valence-corrected chi connectivity index (χ3v) is 2.16. The normalized spacial score (nSPS) is 13.1. The van der Waals surface area contributed by atoms with E-state index in [2.05, 4.69) is 0 Å². The van der Waals surface area contributed by atoms with Gasteiger partial charge in [-0.25, -0.2) is 8.78 Å². The average Bonchev–Trinajstić information content (AvgIpc) is 2.15. The molecule has 104 valence electrons. The summed E-state index contributed by atoms with van der Waals surface area (Å²) in [5, 5.41) is 0. The summed E-state index contributed by atoms with van der Waals surface area (Å²) >= 11 is 0. The molecular weight excluding hydrogens is 260 g/mol. The zero-order chi connectivity index (χ0) is 13.1. The molecule has 0 aliphatic heterocycles. The van der Waals surface area contributed by atoms with Crippen LogP contribution in [0.4, 0.5) is 8.78 Å². The van der Waals surface area contributed by atoms with E-state index in [4.69, 9.17) is 10.5 Å². The van der Waals surface area contributed by atoms with Crippen LogP contribution < -0.4 is 10.5 Å². The molecule has 0 spiro atoms. The van der Waals surface area contributed by atoms with Gasteiger partial charge in [0.1, 0.15) is 11.4 Å². The number of alkyl halides is 2. The van der Waals surface area contributed by atoms with E-state index < -0.39 is 12.5 Å². The molecule has 0 heterocycles. The lowest BCUT2D eigenvalue weighted by Gasteiger charge is -2.21. The van der Waals surface area contributed by atoms with E-state index in [1.54, 1.807) is 24.3 Å². The first kappa shape index (κ1) is 17.1. The molecule has 0 aliphatic carbocycles. The van der Waals surface area contributed by atoms with E-state index in [9.17, 15) is 8.78 Å². The minimum Gasteiger partial charge on any atom is -0.488 e. The van der Waals surface area contributed by atoms with Crippen LogP contribution in [0.1, 0.15) is 38.8 Å². The minimum atomic E-state index is -2.38. The van der Waals surface area contributed by atoms with Gasteiger partial charge < -0.3 is 10.5 Å². The van der Waals surface area contributed by atoms with Crippen molar-refractivity contribution in [3.05, 3.63) is 29.8 Å². The lowest BCUT2D eigenvalue weighted by molar-refractivity contribution is 0.128. The molecule has 18 heavy (non-hydrogen) atoms. The third kappa shape index (κ3) is 6.17. The van der Waals surface area contributed by atoms with Gasteiger partial charge in [-0.1, -0.05) is 12.1 Å². The van der Waals surface area contributed by atoms with E-state index in [1.807, 2.05) is 20.8 Å². The van der Waals surface area contributed by atoms with Crippen LogP contribution in [0.25, 0.3) is 0 Å². The fourth-order valence-corrected chi connectivity index (χ4v) is 1.46. The molecule has 1 aromatic rings. The maximum Gasteiger partial charge on any atom is 0.240 e. The van der Waals surface area contributed by atoms with Crippen molar-refractivity contribution in [1.29, 1.82) is 0 Å². The Balaban J connectivity index is 0.00000289. The van der Waals surface area contributed by atoms with Crippen molar-refractivity contribution in [2.75, 3.05) is 0 Å². The predicted molar refractivity (Wildman–Crippen MR) is 71.6 cm³/mol. The molecule has 0 bridgehead atoms. The largest absolute Gasteiger partial charge is 0.488 e. The van der Waals surface area contributed by atoms with Crippen LogP contribution >= 0.6 is 12.4 Å². The van der Waals surface area contributed by atoms with Gasteiger partial charge in [-0.05, 0) is 38.5 Å². The molecule has 0 saturated heterocycles. The Morgan fingerprint density at radius 3 is 2.06 bits per heavy atom. The van der Waals surface area contributed by atoms with Gasteiger partial charge in [-0.2, -0.15) is 0 Å². The summed E-state index contributed by atoms with van der Waals surface area (Å²) in [7, 11) is 0. The fraction of sp³-hybridized carbons (Fsp3) is 0.538. The van der Waals surface area contributed by atoms with E-state index in [1.165, 1.54) is 0 Å². The average molecular weight is 280 g/mol. The first-order valence-corrected chi connectivity index (χ1v) is 5.60. The Morgan fingerprint density at radius 1 is 1.17 bits per heavy atom. The first-order chi connectivity index (χ1) is 7.78. The van der Waals surface area contributed by atoms with Gasteiger partial charge >= 0.3 is 0 Å². The quantitative estimate of drug-likeness (QED) is 0.906. The summed E-state index contributed by atoms with van der Waals surface area (Å²) in [6.45, 7) is 5.84. The fourth-order valence-electron chi connectivity index (χ4n) is 1.46. The molecule has 5 heteroatoms. The zero-order valence-corrected chi connectivity index (χ0v) is 11.6. The van der Waals surface area contributed by atoms with Crippen LogP contribution in [0, 0.1) is 0 Å². The summed E-state index contributed by atoms with van der Waals surface area (Å²) in [6.07, 6.45) is -2.70. The highest BCUT2D eigenvalue weighted by atomic mass is 35.5. The van der Waals surface area contributed by atoms with Crippen LogP contribution in [0.15, 0.2) is 24.3 Å². The molecule has 0 amide bonds. The Hall–Kier alpha value is -0.870. The van der Waals surface area contributed by atoms with Crippen LogP contribution in [-0.2, 0) is 0 Å².